The molecule has 3 N–H and O–H groups in total. The maximum Gasteiger partial charge on any atom is 0.573 e. The van der Waals surface area contributed by atoms with Gasteiger partial charge in [-0.1, -0.05) is 30.3 Å². The average Bonchev–Trinajstić information content (AvgIpc) is 2.58. The first-order valence-corrected chi connectivity index (χ1v) is 7.47. The molecule has 0 aliphatic carbocycles. The lowest BCUT2D eigenvalue weighted by atomic mass is 10.1. The molecule has 9 heteroatoms. The van der Waals surface area contributed by atoms with E-state index in [4.69, 9.17) is 0 Å². The largest absolute Gasteiger partial charge is 0.573 e. The van der Waals surface area contributed by atoms with Gasteiger partial charge in [0.1, 0.15) is 11.5 Å². The summed E-state index contributed by atoms with van der Waals surface area (Å²) in [4.78, 5) is 23.6. The number of hydrogen-bond acceptors (Lipinski definition) is 4. The second-order valence-electron chi connectivity index (χ2n) is 5.17. The number of aromatic hydroxyl groups is 1. The molecule has 0 aliphatic rings. The lowest BCUT2D eigenvalue weighted by Gasteiger charge is -2.13. The first-order valence-electron chi connectivity index (χ1n) is 7.47. The number of aryl methyl sites for hydroxylation is 1. The molecule has 2 amide bonds. The molecule has 0 aromatic heterocycles. The summed E-state index contributed by atoms with van der Waals surface area (Å²) < 4.78 is 41.0. The highest BCUT2D eigenvalue weighted by atomic mass is 19.4. The van der Waals surface area contributed by atoms with Crippen LogP contribution in [0.5, 0.6) is 11.5 Å². The third kappa shape index (κ3) is 5.69. The van der Waals surface area contributed by atoms with Crippen molar-refractivity contribution < 1.29 is 32.6 Å². The van der Waals surface area contributed by atoms with Crippen molar-refractivity contribution in [2.45, 2.75) is 19.2 Å². The van der Waals surface area contributed by atoms with Crippen LogP contribution in [0.25, 0.3) is 0 Å². The van der Waals surface area contributed by atoms with Crippen molar-refractivity contribution in [2.75, 3.05) is 0 Å². The number of rotatable bonds is 5. The van der Waals surface area contributed by atoms with Gasteiger partial charge in [0.2, 0.25) is 5.91 Å². The van der Waals surface area contributed by atoms with E-state index in [9.17, 15) is 27.9 Å². The first kappa shape index (κ1) is 19.1. The minimum absolute atomic E-state index is 0.0233. The van der Waals surface area contributed by atoms with Crippen LogP contribution in [0.4, 0.5) is 13.2 Å². The van der Waals surface area contributed by atoms with E-state index in [1.54, 1.807) is 0 Å². The number of para-hydroxylation sites is 2. The third-order valence-corrected chi connectivity index (χ3v) is 3.28. The molecule has 0 unspecified atom stereocenters. The van der Waals surface area contributed by atoms with Crippen LogP contribution < -0.4 is 15.6 Å². The first-order chi connectivity index (χ1) is 12.3. The van der Waals surface area contributed by atoms with Crippen molar-refractivity contribution in [3.8, 4) is 11.5 Å². The molecule has 0 aliphatic heterocycles. The van der Waals surface area contributed by atoms with Crippen LogP contribution in [0.1, 0.15) is 22.3 Å². The van der Waals surface area contributed by atoms with Gasteiger partial charge >= 0.3 is 6.36 Å². The number of phenols is 1. The lowest BCUT2D eigenvalue weighted by Crippen LogP contribution is -2.41. The van der Waals surface area contributed by atoms with Gasteiger partial charge in [-0.15, -0.1) is 13.2 Å². The summed E-state index contributed by atoms with van der Waals surface area (Å²) in [6.07, 6.45) is -5.03. The molecule has 0 spiro atoms. The van der Waals surface area contributed by atoms with Crippen molar-refractivity contribution in [1.29, 1.82) is 0 Å². The van der Waals surface area contributed by atoms with E-state index < -0.39 is 18.2 Å². The highest BCUT2D eigenvalue weighted by Gasteiger charge is 2.31. The minimum atomic E-state index is -4.83. The molecule has 0 radical (unpaired) electrons. The van der Waals surface area contributed by atoms with E-state index in [0.717, 1.165) is 6.07 Å². The Labute approximate surface area is 146 Å². The zero-order valence-corrected chi connectivity index (χ0v) is 13.3. The van der Waals surface area contributed by atoms with Gasteiger partial charge in [-0.05, 0) is 30.2 Å². The number of benzene rings is 2. The van der Waals surface area contributed by atoms with Crippen molar-refractivity contribution in [3.05, 3.63) is 59.7 Å². The molecular formula is C17H15F3N2O4. The molecule has 2 rings (SSSR count). The van der Waals surface area contributed by atoms with E-state index in [1.807, 2.05) is 0 Å². The SMILES string of the molecule is O=C(CCc1ccccc1OC(F)(F)F)NNC(=O)c1ccccc1O. The zero-order chi connectivity index (χ0) is 19.2. The van der Waals surface area contributed by atoms with Gasteiger partial charge in [0.15, 0.2) is 0 Å². The fourth-order valence-electron chi connectivity index (χ4n) is 2.10. The Morgan fingerprint density at radius 2 is 1.65 bits per heavy atom. The normalized spacial score (nSPS) is 10.9. The minimum Gasteiger partial charge on any atom is -0.507 e. The molecule has 0 atom stereocenters. The fraction of sp³-hybridized carbons (Fsp3) is 0.176. The molecule has 0 heterocycles. The van der Waals surface area contributed by atoms with Crippen LogP contribution in [0.15, 0.2) is 48.5 Å². The molecule has 2 aromatic rings. The van der Waals surface area contributed by atoms with Crippen LogP contribution in [0.3, 0.4) is 0 Å². The highest BCUT2D eigenvalue weighted by molar-refractivity contribution is 5.97. The predicted molar refractivity (Wildman–Crippen MR) is 85.2 cm³/mol. The lowest BCUT2D eigenvalue weighted by molar-refractivity contribution is -0.274. The average molecular weight is 368 g/mol. The van der Waals surface area contributed by atoms with Gasteiger partial charge in [0.25, 0.3) is 5.91 Å². The molecule has 26 heavy (non-hydrogen) atoms. The third-order valence-electron chi connectivity index (χ3n) is 3.28. The Bertz CT molecular complexity index is 794. The summed E-state index contributed by atoms with van der Waals surface area (Å²) in [6, 6.07) is 11.2. The molecule has 0 saturated carbocycles. The van der Waals surface area contributed by atoms with Gasteiger partial charge in [-0.2, -0.15) is 0 Å². The maximum atomic E-state index is 12.4. The second-order valence-corrected chi connectivity index (χ2v) is 5.17. The van der Waals surface area contributed by atoms with Crippen molar-refractivity contribution >= 4 is 11.8 Å². The van der Waals surface area contributed by atoms with Crippen molar-refractivity contribution in [3.63, 3.8) is 0 Å². The number of nitrogens with one attached hydrogen (secondary N) is 2. The number of carbonyl (C=O) groups excluding carboxylic acids is 2. The van der Waals surface area contributed by atoms with Gasteiger partial charge in [0.05, 0.1) is 5.56 Å². The number of phenolic OH excluding ortho intramolecular Hbond substituents is 1. The van der Waals surface area contributed by atoms with E-state index in [1.165, 1.54) is 42.5 Å². The van der Waals surface area contributed by atoms with E-state index in [2.05, 4.69) is 15.6 Å². The summed E-state index contributed by atoms with van der Waals surface area (Å²) in [5.41, 5.74) is 4.42. The van der Waals surface area contributed by atoms with E-state index in [-0.39, 0.29) is 35.5 Å². The molecule has 138 valence electrons. The topological polar surface area (TPSA) is 87.7 Å². The molecule has 0 bridgehead atoms. The number of ether oxygens (including phenoxy) is 1. The maximum absolute atomic E-state index is 12.4. The number of hydrazine groups is 1. The monoisotopic (exact) mass is 368 g/mol. The Kier molecular flexibility index (Phi) is 6.05. The van der Waals surface area contributed by atoms with Gasteiger partial charge < -0.3 is 9.84 Å². The number of halogens is 3. The number of carbonyl (C=O) groups is 2. The van der Waals surface area contributed by atoms with Crippen LogP contribution >= 0.6 is 0 Å². The Hall–Kier alpha value is -3.23. The van der Waals surface area contributed by atoms with Crippen LogP contribution in [0.2, 0.25) is 0 Å². The van der Waals surface area contributed by atoms with Crippen molar-refractivity contribution in [2.24, 2.45) is 0 Å². The second kappa shape index (κ2) is 8.24. The molecular weight excluding hydrogens is 353 g/mol. The molecule has 0 saturated heterocycles. The standard InChI is InChI=1S/C17H15F3N2O4/c18-17(19,20)26-14-8-4-1-5-11(14)9-10-15(24)21-22-16(25)12-6-2-3-7-13(12)23/h1-8,23H,9-10H2,(H,21,24)(H,22,25). The summed E-state index contributed by atoms with van der Waals surface area (Å²) in [5.74, 6) is -1.98. The predicted octanol–water partition coefficient (Wildman–Crippen LogP) is 2.68. The smallest absolute Gasteiger partial charge is 0.507 e. The Morgan fingerprint density at radius 1 is 1.00 bits per heavy atom. The van der Waals surface area contributed by atoms with Crippen LogP contribution in [-0.2, 0) is 11.2 Å². The number of hydrogen-bond donors (Lipinski definition) is 3. The van der Waals surface area contributed by atoms with Crippen LogP contribution in [0, 0.1) is 0 Å². The number of alkyl halides is 3. The van der Waals surface area contributed by atoms with Gasteiger partial charge in [-0.3, -0.25) is 20.4 Å². The molecule has 2 aromatic carbocycles. The molecule has 6 nitrogen and oxygen atoms in total. The van der Waals surface area contributed by atoms with Crippen molar-refractivity contribution in [1.82, 2.24) is 10.9 Å². The van der Waals surface area contributed by atoms with E-state index in [0.29, 0.717) is 0 Å². The van der Waals surface area contributed by atoms with Crippen LogP contribution in [-0.4, -0.2) is 23.3 Å². The summed E-state index contributed by atoms with van der Waals surface area (Å²) in [7, 11) is 0. The summed E-state index contributed by atoms with van der Waals surface area (Å²) in [6.45, 7) is 0. The quantitative estimate of drug-likeness (QED) is 0.708. The Balaban J connectivity index is 1.88. The fourth-order valence-corrected chi connectivity index (χ4v) is 2.10. The zero-order valence-electron chi connectivity index (χ0n) is 13.3. The summed E-state index contributed by atoms with van der Waals surface area (Å²) in [5, 5.41) is 9.54. The Morgan fingerprint density at radius 3 is 2.35 bits per heavy atom. The molecule has 0 fully saturated rings. The van der Waals surface area contributed by atoms with Gasteiger partial charge in [-0.25, -0.2) is 0 Å². The van der Waals surface area contributed by atoms with Gasteiger partial charge in [0, 0.05) is 6.42 Å². The number of amides is 2. The summed E-state index contributed by atoms with van der Waals surface area (Å²) >= 11 is 0. The van der Waals surface area contributed by atoms with E-state index >= 15 is 0 Å². The highest BCUT2D eigenvalue weighted by Crippen LogP contribution is 2.26.